The van der Waals surface area contributed by atoms with E-state index in [9.17, 15) is 14.4 Å². The molecule has 0 aliphatic heterocycles. The lowest BCUT2D eigenvalue weighted by atomic mass is 9.92. The van der Waals surface area contributed by atoms with Gasteiger partial charge in [-0.15, -0.1) is 0 Å². The van der Waals surface area contributed by atoms with Crippen molar-refractivity contribution in [2.24, 2.45) is 0 Å². The van der Waals surface area contributed by atoms with Gasteiger partial charge in [0.15, 0.2) is 0 Å². The van der Waals surface area contributed by atoms with Gasteiger partial charge in [-0.1, -0.05) is 12.1 Å². The number of nitrogens with one attached hydrogen (secondary N) is 1. The molecule has 1 N–H and O–H groups in total. The van der Waals surface area contributed by atoms with Crippen LogP contribution in [0.3, 0.4) is 0 Å². The Balaban J connectivity index is 3.05. The lowest BCUT2D eigenvalue weighted by Crippen LogP contribution is -2.47. The number of amides is 1. The van der Waals surface area contributed by atoms with Crippen LogP contribution in [0.25, 0.3) is 0 Å². The van der Waals surface area contributed by atoms with E-state index in [2.05, 4.69) is 10.1 Å². The molecule has 6 heteroatoms. The van der Waals surface area contributed by atoms with Crippen molar-refractivity contribution in [2.75, 3.05) is 7.11 Å². The molecule has 1 aromatic carbocycles. The first kappa shape index (κ1) is 17.7. The number of carbonyl (C=O) groups excluding carboxylic acids is 3. The van der Waals surface area contributed by atoms with Crippen molar-refractivity contribution >= 4 is 18.3 Å². The van der Waals surface area contributed by atoms with Gasteiger partial charge in [0.1, 0.15) is 17.4 Å². The number of benzene rings is 1. The molecule has 1 unspecified atom stereocenters. The monoisotopic (exact) mass is 307 g/mol. The van der Waals surface area contributed by atoms with E-state index in [0.29, 0.717) is 17.4 Å². The summed E-state index contributed by atoms with van der Waals surface area (Å²) >= 11 is 0. The fourth-order valence-corrected chi connectivity index (χ4v) is 1.77. The highest BCUT2D eigenvalue weighted by atomic mass is 16.6. The fourth-order valence-electron chi connectivity index (χ4n) is 1.77. The molecule has 0 aliphatic carbocycles. The summed E-state index contributed by atoms with van der Waals surface area (Å²) in [6.45, 7) is 6.70. The number of methoxy groups -OCH3 is 1. The number of hydrogen-bond acceptors (Lipinski definition) is 5. The number of aldehydes is 1. The van der Waals surface area contributed by atoms with Crippen molar-refractivity contribution in [3.63, 3.8) is 0 Å². The minimum absolute atomic E-state index is 0.291. The van der Waals surface area contributed by atoms with Crippen molar-refractivity contribution < 1.29 is 23.9 Å². The molecule has 1 aromatic rings. The Morgan fingerprint density at radius 2 is 1.82 bits per heavy atom. The fraction of sp³-hybridized carbons (Fsp3) is 0.438. The van der Waals surface area contributed by atoms with Gasteiger partial charge in [0.2, 0.25) is 0 Å². The number of ether oxygens (including phenoxy) is 2. The second-order valence-electron chi connectivity index (χ2n) is 6.02. The summed E-state index contributed by atoms with van der Waals surface area (Å²) in [5.41, 5.74) is -1.25. The standard InChI is InChI=1S/C16H21NO5/c1-15(2,3)22-14(20)17-16(4,10-18)12-8-6-7-11(9-12)13(19)21-5/h6-10H,1-5H3,(H,17,20). The maximum atomic E-state index is 11.9. The van der Waals surface area contributed by atoms with Crippen LogP contribution < -0.4 is 5.32 Å². The average Bonchev–Trinajstić information content (AvgIpc) is 2.44. The topological polar surface area (TPSA) is 81.7 Å². The van der Waals surface area contributed by atoms with Crippen LogP contribution in [0, 0.1) is 0 Å². The van der Waals surface area contributed by atoms with Crippen molar-refractivity contribution in [1.82, 2.24) is 5.32 Å². The molecule has 0 aliphatic rings. The highest BCUT2D eigenvalue weighted by molar-refractivity contribution is 5.90. The van der Waals surface area contributed by atoms with Crippen LogP contribution in [0.1, 0.15) is 43.6 Å². The second kappa shape index (κ2) is 6.60. The van der Waals surface area contributed by atoms with Gasteiger partial charge in [-0.05, 0) is 45.4 Å². The van der Waals surface area contributed by atoms with Gasteiger partial charge in [-0.3, -0.25) is 0 Å². The molecule has 0 bridgehead atoms. The molecule has 1 amide bonds. The van der Waals surface area contributed by atoms with Crippen molar-refractivity contribution in [3.05, 3.63) is 35.4 Å². The normalized spacial score (nSPS) is 13.7. The number of alkyl carbamates (subject to hydrolysis) is 1. The zero-order valence-electron chi connectivity index (χ0n) is 13.4. The maximum absolute atomic E-state index is 11.9. The van der Waals surface area contributed by atoms with Gasteiger partial charge in [0, 0.05) is 0 Å². The second-order valence-corrected chi connectivity index (χ2v) is 6.02. The molecule has 120 valence electrons. The Kier molecular flexibility index (Phi) is 5.30. The summed E-state index contributed by atoms with van der Waals surface area (Å²) in [5, 5.41) is 2.52. The number of rotatable bonds is 4. The predicted octanol–water partition coefficient (Wildman–Crippen LogP) is 2.41. The quantitative estimate of drug-likeness (QED) is 0.682. The molecule has 6 nitrogen and oxygen atoms in total. The first-order valence-electron chi connectivity index (χ1n) is 6.77. The molecule has 0 radical (unpaired) electrons. The van der Waals surface area contributed by atoms with E-state index >= 15 is 0 Å². The molecular weight excluding hydrogens is 286 g/mol. The van der Waals surface area contributed by atoms with Crippen molar-refractivity contribution in [3.8, 4) is 0 Å². The number of esters is 1. The highest BCUT2D eigenvalue weighted by Gasteiger charge is 2.31. The Morgan fingerprint density at radius 3 is 2.32 bits per heavy atom. The first-order valence-corrected chi connectivity index (χ1v) is 6.77. The summed E-state index contributed by atoms with van der Waals surface area (Å²) in [6.07, 6.45) is -0.126. The molecule has 22 heavy (non-hydrogen) atoms. The highest BCUT2D eigenvalue weighted by Crippen LogP contribution is 2.21. The van der Waals surface area contributed by atoms with Crippen LogP contribution in [-0.4, -0.2) is 31.1 Å². The van der Waals surface area contributed by atoms with E-state index in [4.69, 9.17) is 4.74 Å². The molecule has 1 atom stereocenters. The molecule has 0 heterocycles. The Morgan fingerprint density at radius 1 is 1.18 bits per heavy atom. The van der Waals surface area contributed by atoms with Crippen LogP contribution in [-0.2, 0) is 19.8 Å². The number of carbonyl (C=O) groups is 3. The van der Waals surface area contributed by atoms with E-state index in [1.807, 2.05) is 0 Å². The van der Waals surface area contributed by atoms with Crippen LogP contribution in [0.15, 0.2) is 24.3 Å². The minimum atomic E-state index is -1.31. The predicted molar refractivity (Wildman–Crippen MR) is 80.6 cm³/mol. The van der Waals surface area contributed by atoms with Gasteiger partial charge in [-0.2, -0.15) is 0 Å². The van der Waals surface area contributed by atoms with Gasteiger partial charge >= 0.3 is 12.1 Å². The Hall–Kier alpha value is -2.37. The molecule has 0 spiro atoms. The van der Waals surface area contributed by atoms with Gasteiger partial charge < -0.3 is 19.6 Å². The Labute approximate surface area is 129 Å². The van der Waals surface area contributed by atoms with Crippen LogP contribution in [0.4, 0.5) is 4.79 Å². The van der Waals surface area contributed by atoms with Gasteiger partial charge in [0.05, 0.1) is 12.7 Å². The summed E-state index contributed by atoms with van der Waals surface area (Å²) in [7, 11) is 1.27. The summed E-state index contributed by atoms with van der Waals surface area (Å²) in [5.74, 6) is -0.521. The van der Waals surface area contributed by atoms with Crippen LogP contribution in [0.5, 0.6) is 0 Å². The van der Waals surface area contributed by atoms with Crippen molar-refractivity contribution in [2.45, 2.75) is 38.8 Å². The van der Waals surface area contributed by atoms with E-state index in [1.54, 1.807) is 39.0 Å². The lowest BCUT2D eigenvalue weighted by Gasteiger charge is -2.28. The molecule has 1 rings (SSSR count). The van der Waals surface area contributed by atoms with Crippen molar-refractivity contribution in [1.29, 1.82) is 0 Å². The molecule has 0 aromatic heterocycles. The summed E-state index contributed by atoms with van der Waals surface area (Å²) in [6, 6.07) is 6.31. The van der Waals surface area contributed by atoms with E-state index in [-0.39, 0.29) is 0 Å². The van der Waals surface area contributed by atoms with E-state index in [1.165, 1.54) is 20.1 Å². The van der Waals surface area contributed by atoms with Gasteiger partial charge in [0.25, 0.3) is 0 Å². The third kappa shape index (κ3) is 4.58. The summed E-state index contributed by atoms with van der Waals surface area (Å²) < 4.78 is 9.80. The molecular formula is C16H21NO5. The average molecular weight is 307 g/mol. The zero-order valence-corrected chi connectivity index (χ0v) is 13.4. The Bertz CT molecular complexity index is 576. The third-order valence-corrected chi connectivity index (χ3v) is 2.88. The lowest BCUT2D eigenvalue weighted by molar-refractivity contribution is -0.113. The third-order valence-electron chi connectivity index (χ3n) is 2.88. The van der Waals surface area contributed by atoms with Crippen LogP contribution in [0.2, 0.25) is 0 Å². The molecule has 0 saturated carbocycles. The maximum Gasteiger partial charge on any atom is 0.408 e. The zero-order chi connectivity index (χ0) is 17.0. The minimum Gasteiger partial charge on any atom is -0.465 e. The smallest absolute Gasteiger partial charge is 0.408 e. The largest absolute Gasteiger partial charge is 0.465 e. The molecule has 0 saturated heterocycles. The van der Waals surface area contributed by atoms with E-state index < -0.39 is 23.2 Å². The molecule has 0 fully saturated rings. The first-order chi connectivity index (χ1) is 10.1. The van der Waals surface area contributed by atoms with Gasteiger partial charge in [-0.25, -0.2) is 9.59 Å². The summed E-state index contributed by atoms with van der Waals surface area (Å²) in [4.78, 5) is 35.0. The van der Waals surface area contributed by atoms with E-state index in [0.717, 1.165) is 0 Å². The van der Waals surface area contributed by atoms with Crippen LogP contribution >= 0.6 is 0 Å². The SMILES string of the molecule is COC(=O)c1cccc(C(C)(C=O)NC(=O)OC(C)(C)C)c1. The number of hydrogen-bond donors (Lipinski definition) is 1.